The number of ether oxygens (including phenoxy) is 1. The molecule has 1 aromatic carbocycles. The summed E-state index contributed by atoms with van der Waals surface area (Å²) in [5, 5.41) is 4.75. The minimum atomic E-state index is -0.202. The van der Waals surface area contributed by atoms with Gasteiger partial charge in [-0.3, -0.25) is 4.79 Å². The van der Waals surface area contributed by atoms with E-state index in [2.05, 4.69) is 15.3 Å². The van der Waals surface area contributed by atoms with Gasteiger partial charge in [0, 0.05) is 35.1 Å². The molecule has 0 aliphatic heterocycles. The Bertz CT molecular complexity index is 802. The molecule has 0 radical (unpaired) electrons. The van der Waals surface area contributed by atoms with E-state index in [4.69, 9.17) is 4.74 Å². The molecule has 0 atom stereocenters. The highest BCUT2D eigenvalue weighted by Gasteiger charge is 2.02. The van der Waals surface area contributed by atoms with Gasteiger partial charge in [-0.05, 0) is 35.7 Å². The first-order valence-corrected chi connectivity index (χ1v) is 7.75. The number of hydrogen-bond acceptors (Lipinski definition) is 5. The molecule has 1 N–H and O–H groups in total. The maximum atomic E-state index is 11.9. The van der Waals surface area contributed by atoms with Gasteiger partial charge >= 0.3 is 6.01 Å². The smallest absolute Gasteiger partial charge is 0.321 e. The Balaban J connectivity index is 1.64. The summed E-state index contributed by atoms with van der Waals surface area (Å²) in [6.07, 6.45) is 6.48. The summed E-state index contributed by atoms with van der Waals surface area (Å²) in [4.78, 5) is 20.9. The quantitative estimate of drug-likeness (QED) is 0.721. The van der Waals surface area contributed by atoms with Crippen LogP contribution in [-0.4, -0.2) is 15.9 Å². The standard InChI is InChI=1S/C17H13N3O2S/c21-16(8-7-15-6-2-11-23-15)20-13-4-1-5-14(12-13)22-17-18-9-3-10-19-17/h1-12H,(H,20,21). The number of nitrogens with zero attached hydrogens (tertiary/aromatic N) is 2. The minimum Gasteiger partial charge on any atom is -0.424 e. The summed E-state index contributed by atoms with van der Waals surface area (Å²) in [5.41, 5.74) is 0.638. The van der Waals surface area contributed by atoms with Gasteiger partial charge in [-0.2, -0.15) is 0 Å². The minimum absolute atomic E-state index is 0.202. The Morgan fingerprint density at radius 2 is 2.00 bits per heavy atom. The van der Waals surface area contributed by atoms with Gasteiger partial charge in [0.1, 0.15) is 5.75 Å². The van der Waals surface area contributed by atoms with E-state index in [1.807, 2.05) is 17.5 Å². The van der Waals surface area contributed by atoms with Crippen LogP contribution in [0.5, 0.6) is 11.8 Å². The van der Waals surface area contributed by atoms with Crippen LogP contribution >= 0.6 is 11.3 Å². The van der Waals surface area contributed by atoms with Gasteiger partial charge in [-0.1, -0.05) is 12.1 Å². The molecular weight excluding hydrogens is 310 g/mol. The molecule has 0 saturated heterocycles. The predicted molar refractivity (Wildman–Crippen MR) is 90.5 cm³/mol. The second kappa shape index (κ2) is 7.33. The highest BCUT2D eigenvalue weighted by Crippen LogP contribution is 2.21. The van der Waals surface area contributed by atoms with Crippen LogP contribution in [0.25, 0.3) is 6.08 Å². The number of thiophene rings is 1. The molecule has 0 saturated carbocycles. The summed E-state index contributed by atoms with van der Waals surface area (Å²) in [7, 11) is 0. The van der Waals surface area contributed by atoms with E-state index in [1.54, 1.807) is 60.1 Å². The van der Waals surface area contributed by atoms with Gasteiger partial charge in [0.2, 0.25) is 5.91 Å². The molecule has 0 aliphatic rings. The van der Waals surface area contributed by atoms with E-state index >= 15 is 0 Å². The van der Waals surface area contributed by atoms with Crippen molar-refractivity contribution in [1.82, 2.24) is 9.97 Å². The lowest BCUT2D eigenvalue weighted by molar-refractivity contribution is -0.111. The maximum absolute atomic E-state index is 11.9. The Hall–Kier alpha value is -2.99. The summed E-state index contributed by atoms with van der Waals surface area (Å²) in [5.74, 6) is 0.350. The summed E-state index contributed by atoms with van der Waals surface area (Å²) in [6, 6.07) is 12.9. The molecule has 0 bridgehead atoms. The van der Waals surface area contributed by atoms with Gasteiger partial charge in [0.15, 0.2) is 0 Å². The fraction of sp³-hybridized carbons (Fsp3) is 0. The van der Waals surface area contributed by atoms with Crippen molar-refractivity contribution in [2.75, 3.05) is 5.32 Å². The summed E-state index contributed by atoms with van der Waals surface area (Å²) in [6.45, 7) is 0. The Morgan fingerprint density at radius 3 is 2.78 bits per heavy atom. The average molecular weight is 323 g/mol. The molecule has 114 valence electrons. The van der Waals surface area contributed by atoms with Gasteiger partial charge in [0.05, 0.1) is 0 Å². The number of hydrogen-bond donors (Lipinski definition) is 1. The maximum Gasteiger partial charge on any atom is 0.321 e. The lowest BCUT2D eigenvalue weighted by Crippen LogP contribution is -2.07. The van der Waals surface area contributed by atoms with E-state index in [0.717, 1.165) is 4.88 Å². The molecule has 5 nitrogen and oxygen atoms in total. The fourth-order valence-corrected chi connectivity index (χ4v) is 2.43. The Kier molecular flexibility index (Phi) is 4.76. The van der Waals surface area contributed by atoms with Crippen molar-refractivity contribution in [1.29, 1.82) is 0 Å². The molecule has 1 amide bonds. The molecule has 0 aliphatic carbocycles. The second-order valence-electron chi connectivity index (χ2n) is 4.50. The number of amides is 1. The second-order valence-corrected chi connectivity index (χ2v) is 5.48. The number of benzene rings is 1. The van der Waals surface area contributed by atoms with E-state index < -0.39 is 0 Å². The van der Waals surface area contributed by atoms with Crippen LogP contribution in [0.15, 0.2) is 66.3 Å². The number of carbonyl (C=O) groups excluding carboxylic acids is 1. The van der Waals surface area contributed by atoms with Gasteiger partial charge < -0.3 is 10.1 Å². The lowest BCUT2D eigenvalue weighted by Gasteiger charge is -2.06. The van der Waals surface area contributed by atoms with Crippen molar-refractivity contribution < 1.29 is 9.53 Å². The topological polar surface area (TPSA) is 64.1 Å². The van der Waals surface area contributed by atoms with Gasteiger partial charge in [-0.25, -0.2) is 9.97 Å². The Labute approximate surface area is 137 Å². The number of rotatable bonds is 5. The third-order valence-corrected chi connectivity index (χ3v) is 3.63. The normalized spacial score (nSPS) is 10.6. The largest absolute Gasteiger partial charge is 0.424 e. The SMILES string of the molecule is O=C(C=Cc1cccs1)Nc1cccc(Oc2ncccn2)c1. The number of aromatic nitrogens is 2. The van der Waals surface area contributed by atoms with Crippen LogP contribution in [0.4, 0.5) is 5.69 Å². The van der Waals surface area contributed by atoms with Crippen molar-refractivity contribution in [3.8, 4) is 11.8 Å². The molecule has 2 aromatic heterocycles. The monoisotopic (exact) mass is 323 g/mol. The first-order valence-electron chi connectivity index (χ1n) is 6.87. The average Bonchev–Trinajstić information content (AvgIpc) is 3.08. The zero-order valence-electron chi connectivity index (χ0n) is 12.0. The van der Waals surface area contributed by atoms with Crippen molar-refractivity contribution in [3.05, 3.63) is 71.2 Å². The number of nitrogens with one attached hydrogen (secondary N) is 1. The van der Waals surface area contributed by atoms with Crippen LogP contribution in [0.1, 0.15) is 4.88 Å². The summed E-state index contributed by atoms with van der Waals surface area (Å²) >= 11 is 1.57. The highest BCUT2D eigenvalue weighted by atomic mass is 32.1. The fourth-order valence-electron chi connectivity index (χ4n) is 1.81. The third kappa shape index (κ3) is 4.49. The molecule has 3 aromatic rings. The third-order valence-electron chi connectivity index (χ3n) is 2.79. The molecule has 0 spiro atoms. The van der Waals surface area contributed by atoms with Crippen molar-refractivity contribution >= 4 is 29.0 Å². The molecule has 2 heterocycles. The molecule has 23 heavy (non-hydrogen) atoms. The van der Waals surface area contributed by atoms with Crippen LogP contribution in [0.3, 0.4) is 0 Å². The molecule has 3 rings (SSSR count). The summed E-state index contributed by atoms with van der Waals surface area (Å²) < 4.78 is 5.53. The van der Waals surface area contributed by atoms with E-state index in [9.17, 15) is 4.79 Å². The van der Waals surface area contributed by atoms with Gasteiger partial charge in [0.25, 0.3) is 0 Å². The van der Waals surface area contributed by atoms with E-state index in [0.29, 0.717) is 11.4 Å². The lowest BCUT2D eigenvalue weighted by atomic mass is 10.3. The van der Waals surface area contributed by atoms with E-state index in [1.165, 1.54) is 6.08 Å². The van der Waals surface area contributed by atoms with Crippen LogP contribution < -0.4 is 10.1 Å². The first-order chi connectivity index (χ1) is 11.3. The van der Waals surface area contributed by atoms with E-state index in [-0.39, 0.29) is 11.9 Å². The van der Waals surface area contributed by atoms with Gasteiger partial charge in [-0.15, -0.1) is 11.3 Å². The number of carbonyl (C=O) groups is 1. The van der Waals surface area contributed by atoms with Crippen LogP contribution in [0.2, 0.25) is 0 Å². The molecular formula is C17H13N3O2S. The molecule has 0 fully saturated rings. The Morgan fingerprint density at radius 1 is 1.13 bits per heavy atom. The zero-order valence-corrected chi connectivity index (χ0v) is 12.9. The molecule has 0 unspecified atom stereocenters. The van der Waals surface area contributed by atoms with Crippen molar-refractivity contribution in [2.45, 2.75) is 0 Å². The zero-order chi connectivity index (χ0) is 15.9. The predicted octanol–water partition coefficient (Wildman–Crippen LogP) is 3.98. The highest BCUT2D eigenvalue weighted by molar-refractivity contribution is 7.10. The van der Waals surface area contributed by atoms with Crippen LogP contribution in [0, 0.1) is 0 Å². The number of anilines is 1. The van der Waals surface area contributed by atoms with Crippen molar-refractivity contribution in [3.63, 3.8) is 0 Å². The van der Waals surface area contributed by atoms with Crippen LogP contribution in [-0.2, 0) is 4.79 Å². The first kappa shape index (κ1) is 14.9. The molecule has 6 heteroatoms. The van der Waals surface area contributed by atoms with Crippen molar-refractivity contribution in [2.24, 2.45) is 0 Å².